The zero-order valence-corrected chi connectivity index (χ0v) is 13.5. The van der Waals surface area contributed by atoms with E-state index in [2.05, 4.69) is 52.7 Å². The van der Waals surface area contributed by atoms with E-state index < -0.39 is 0 Å². The number of aryl methyl sites for hydroxylation is 2. The summed E-state index contributed by atoms with van der Waals surface area (Å²) in [5.74, 6) is 1.06. The van der Waals surface area contributed by atoms with Crippen molar-refractivity contribution in [2.45, 2.75) is 26.3 Å². The van der Waals surface area contributed by atoms with Crippen molar-refractivity contribution in [1.29, 1.82) is 0 Å². The maximum absolute atomic E-state index is 4.78. The Morgan fingerprint density at radius 1 is 1.23 bits per heavy atom. The molecule has 4 nitrogen and oxygen atoms in total. The number of benzene rings is 1. The standard InChI is InChI=1S/C18H22N4/c1-4-7-14-12-17(15-8-5-6-9-16(15)20-14)22(3)13-18-19-10-11-21(18)2/h5-6,8-12H,4,7,13H2,1-3H3. The highest BCUT2D eigenvalue weighted by Gasteiger charge is 2.11. The van der Waals surface area contributed by atoms with Gasteiger partial charge in [0, 0.05) is 43.3 Å². The fourth-order valence-electron chi connectivity index (χ4n) is 2.76. The summed E-state index contributed by atoms with van der Waals surface area (Å²) in [7, 11) is 4.15. The monoisotopic (exact) mass is 294 g/mol. The fraction of sp³-hybridized carbons (Fsp3) is 0.333. The Morgan fingerprint density at radius 2 is 2.05 bits per heavy atom. The highest BCUT2D eigenvalue weighted by atomic mass is 15.2. The number of pyridine rings is 1. The fourth-order valence-corrected chi connectivity index (χ4v) is 2.76. The van der Waals surface area contributed by atoms with Gasteiger partial charge >= 0.3 is 0 Å². The molecule has 0 aliphatic carbocycles. The second-order valence-corrected chi connectivity index (χ2v) is 5.71. The van der Waals surface area contributed by atoms with Gasteiger partial charge in [-0.25, -0.2) is 4.98 Å². The smallest absolute Gasteiger partial charge is 0.127 e. The van der Waals surface area contributed by atoms with Crippen molar-refractivity contribution in [1.82, 2.24) is 14.5 Å². The number of hydrogen-bond acceptors (Lipinski definition) is 3. The van der Waals surface area contributed by atoms with E-state index in [0.29, 0.717) is 0 Å². The lowest BCUT2D eigenvalue weighted by Crippen LogP contribution is -2.19. The quantitative estimate of drug-likeness (QED) is 0.721. The minimum atomic E-state index is 0.781. The number of aromatic nitrogens is 3. The van der Waals surface area contributed by atoms with Gasteiger partial charge in [0.2, 0.25) is 0 Å². The molecule has 2 heterocycles. The van der Waals surface area contributed by atoms with Crippen LogP contribution in [-0.2, 0) is 20.0 Å². The molecule has 0 spiro atoms. The molecule has 0 unspecified atom stereocenters. The molecule has 114 valence electrons. The average molecular weight is 294 g/mol. The molecule has 3 rings (SSSR count). The van der Waals surface area contributed by atoms with Gasteiger partial charge in [0.1, 0.15) is 5.82 Å². The van der Waals surface area contributed by atoms with Crippen molar-refractivity contribution >= 4 is 16.6 Å². The van der Waals surface area contributed by atoms with Gasteiger partial charge < -0.3 is 9.47 Å². The summed E-state index contributed by atoms with van der Waals surface area (Å²) in [4.78, 5) is 11.5. The molecule has 0 bridgehead atoms. The molecule has 2 aromatic heterocycles. The lowest BCUT2D eigenvalue weighted by atomic mass is 10.1. The van der Waals surface area contributed by atoms with E-state index in [4.69, 9.17) is 4.98 Å². The highest BCUT2D eigenvalue weighted by Crippen LogP contribution is 2.27. The molecule has 0 fully saturated rings. The van der Waals surface area contributed by atoms with Crippen LogP contribution in [0.15, 0.2) is 42.7 Å². The lowest BCUT2D eigenvalue weighted by molar-refractivity contribution is 0.762. The summed E-state index contributed by atoms with van der Waals surface area (Å²) in [6, 6.07) is 10.6. The van der Waals surface area contributed by atoms with Gasteiger partial charge in [-0.2, -0.15) is 0 Å². The molecule has 0 radical (unpaired) electrons. The summed E-state index contributed by atoms with van der Waals surface area (Å²) in [5.41, 5.74) is 3.44. The lowest BCUT2D eigenvalue weighted by Gasteiger charge is -2.21. The minimum Gasteiger partial charge on any atom is -0.367 e. The van der Waals surface area contributed by atoms with Crippen molar-refractivity contribution in [3.8, 4) is 0 Å². The molecule has 0 aliphatic heterocycles. The topological polar surface area (TPSA) is 34.0 Å². The molecule has 0 atom stereocenters. The van der Waals surface area contributed by atoms with Crippen LogP contribution in [0.5, 0.6) is 0 Å². The Morgan fingerprint density at radius 3 is 2.77 bits per heavy atom. The second-order valence-electron chi connectivity index (χ2n) is 5.71. The second kappa shape index (κ2) is 6.18. The Kier molecular flexibility index (Phi) is 4.09. The van der Waals surface area contributed by atoms with E-state index in [1.165, 1.54) is 11.1 Å². The first-order valence-electron chi connectivity index (χ1n) is 7.75. The van der Waals surface area contributed by atoms with Crippen molar-refractivity contribution in [2.75, 3.05) is 11.9 Å². The van der Waals surface area contributed by atoms with Crippen molar-refractivity contribution in [2.24, 2.45) is 7.05 Å². The molecule has 0 saturated carbocycles. The van der Waals surface area contributed by atoms with Crippen molar-refractivity contribution in [3.05, 3.63) is 54.2 Å². The van der Waals surface area contributed by atoms with Crippen molar-refractivity contribution in [3.63, 3.8) is 0 Å². The van der Waals surface area contributed by atoms with Crippen LogP contribution in [0, 0.1) is 0 Å². The first-order valence-corrected chi connectivity index (χ1v) is 7.75. The number of fused-ring (bicyclic) bond motifs is 1. The first kappa shape index (κ1) is 14.6. The molecule has 0 aliphatic rings. The number of imidazole rings is 1. The van der Waals surface area contributed by atoms with Gasteiger partial charge in [-0.05, 0) is 18.6 Å². The first-order chi connectivity index (χ1) is 10.7. The zero-order valence-electron chi connectivity index (χ0n) is 13.5. The van der Waals surface area contributed by atoms with E-state index in [-0.39, 0.29) is 0 Å². The third-order valence-electron chi connectivity index (χ3n) is 3.96. The molecular formula is C18H22N4. The maximum atomic E-state index is 4.78. The Bertz CT molecular complexity index is 776. The summed E-state index contributed by atoms with van der Waals surface area (Å²) >= 11 is 0. The van der Waals surface area contributed by atoms with Crippen LogP contribution in [0.1, 0.15) is 24.9 Å². The van der Waals surface area contributed by atoms with Crippen molar-refractivity contribution < 1.29 is 0 Å². The molecule has 1 aromatic carbocycles. The predicted octanol–water partition coefficient (Wildman–Crippen LogP) is 3.56. The van der Waals surface area contributed by atoms with E-state index in [1.54, 1.807) is 0 Å². The SMILES string of the molecule is CCCc1cc(N(C)Cc2nccn2C)c2ccccc2n1. The van der Waals surface area contributed by atoms with Crippen LogP contribution in [0.3, 0.4) is 0 Å². The van der Waals surface area contributed by atoms with Crippen LogP contribution in [0.2, 0.25) is 0 Å². The molecule has 3 aromatic rings. The van der Waals surface area contributed by atoms with Crippen LogP contribution in [0.25, 0.3) is 10.9 Å². The number of rotatable bonds is 5. The average Bonchev–Trinajstić information content (AvgIpc) is 2.92. The molecule has 22 heavy (non-hydrogen) atoms. The van der Waals surface area contributed by atoms with Crippen LogP contribution >= 0.6 is 0 Å². The van der Waals surface area contributed by atoms with Gasteiger partial charge in [0.05, 0.1) is 12.1 Å². The Hall–Kier alpha value is -2.36. The molecule has 0 N–H and O–H groups in total. The van der Waals surface area contributed by atoms with Crippen LogP contribution in [0.4, 0.5) is 5.69 Å². The molecular weight excluding hydrogens is 272 g/mol. The van der Waals surface area contributed by atoms with Gasteiger partial charge in [-0.1, -0.05) is 31.5 Å². The van der Waals surface area contributed by atoms with Gasteiger partial charge in [0.15, 0.2) is 0 Å². The van der Waals surface area contributed by atoms with E-state index >= 15 is 0 Å². The van der Waals surface area contributed by atoms with E-state index in [1.807, 2.05) is 25.5 Å². The largest absolute Gasteiger partial charge is 0.367 e. The third-order valence-corrected chi connectivity index (χ3v) is 3.96. The van der Waals surface area contributed by atoms with E-state index in [9.17, 15) is 0 Å². The Balaban J connectivity index is 2.02. The Labute approximate surface area is 131 Å². The van der Waals surface area contributed by atoms with Gasteiger partial charge in [-0.3, -0.25) is 4.98 Å². The van der Waals surface area contributed by atoms with Gasteiger partial charge in [-0.15, -0.1) is 0 Å². The molecule has 4 heteroatoms. The summed E-state index contributed by atoms with van der Waals surface area (Å²) in [6.45, 7) is 2.97. The number of nitrogens with zero attached hydrogens (tertiary/aromatic N) is 4. The van der Waals surface area contributed by atoms with Crippen LogP contribution in [-0.4, -0.2) is 21.6 Å². The minimum absolute atomic E-state index is 0.781. The van der Waals surface area contributed by atoms with E-state index in [0.717, 1.165) is 36.4 Å². The zero-order chi connectivity index (χ0) is 15.5. The number of anilines is 1. The molecule has 0 amide bonds. The highest BCUT2D eigenvalue weighted by molar-refractivity contribution is 5.91. The van der Waals surface area contributed by atoms with Gasteiger partial charge in [0.25, 0.3) is 0 Å². The predicted molar refractivity (Wildman–Crippen MR) is 91.1 cm³/mol. The maximum Gasteiger partial charge on any atom is 0.127 e. The number of hydrogen-bond donors (Lipinski definition) is 0. The summed E-state index contributed by atoms with van der Waals surface area (Å²) in [6.07, 6.45) is 5.94. The number of para-hydroxylation sites is 1. The summed E-state index contributed by atoms with van der Waals surface area (Å²) < 4.78 is 2.06. The third kappa shape index (κ3) is 2.82. The van der Waals surface area contributed by atoms with Crippen LogP contribution < -0.4 is 4.90 Å². The normalized spacial score (nSPS) is 11.0. The molecule has 0 saturated heterocycles. The summed E-state index contributed by atoms with van der Waals surface area (Å²) in [5, 5.41) is 1.19.